The molecule has 0 atom stereocenters. The molecule has 1 aliphatic carbocycles. The van der Waals surface area contributed by atoms with Crippen LogP contribution < -0.4 is 0 Å². The minimum absolute atomic E-state index is 0. The van der Waals surface area contributed by atoms with Crippen LogP contribution in [0.3, 0.4) is 0 Å². The van der Waals surface area contributed by atoms with Crippen LogP contribution in [0.15, 0.2) is 30.3 Å². The Hall–Kier alpha value is -0.172. The zero-order chi connectivity index (χ0) is 16.2. The molecule has 0 aromatic heterocycles. The molecule has 4 rings (SSSR count). The second kappa shape index (κ2) is 9.16. The summed E-state index contributed by atoms with van der Waals surface area (Å²) in [5.74, 6) is 1.74. The Labute approximate surface area is 168 Å². The average molecular weight is 509 g/mol. The van der Waals surface area contributed by atoms with Crippen molar-refractivity contribution in [3.8, 4) is 0 Å². The van der Waals surface area contributed by atoms with Crippen LogP contribution in [-0.4, -0.2) is 37.6 Å². The first kappa shape index (κ1) is 19.6. The van der Waals surface area contributed by atoms with E-state index in [-0.39, 0.29) is 21.1 Å². The Balaban J connectivity index is 0.00000182. The predicted molar refractivity (Wildman–Crippen MR) is 102 cm³/mol. The number of likely N-dealkylation sites (tertiary alicyclic amines) is 1. The van der Waals surface area contributed by atoms with Gasteiger partial charge in [0.05, 0.1) is 0 Å². The molecule has 2 nitrogen and oxygen atoms in total. The molecule has 3 aliphatic rings. The van der Waals surface area contributed by atoms with Gasteiger partial charge in [-0.1, -0.05) is 43.2 Å². The molecule has 1 aromatic rings. The van der Waals surface area contributed by atoms with Crippen molar-refractivity contribution in [2.75, 3.05) is 32.7 Å². The van der Waals surface area contributed by atoms with Gasteiger partial charge in [-0.15, -0.1) is 13.1 Å². The van der Waals surface area contributed by atoms with Gasteiger partial charge in [-0.25, -0.2) is 0 Å². The normalized spacial score (nSPS) is 25.6. The molecule has 3 fully saturated rings. The van der Waals surface area contributed by atoms with E-state index in [1.54, 1.807) is 5.56 Å². The van der Waals surface area contributed by atoms with E-state index in [0.717, 1.165) is 24.9 Å². The summed E-state index contributed by atoms with van der Waals surface area (Å²) in [6, 6.07) is 11.2. The van der Waals surface area contributed by atoms with Crippen molar-refractivity contribution in [3.05, 3.63) is 41.2 Å². The molecule has 0 bridgehead atoms. The summed E-state index contributed by atoms with van der Waals surface area (Å²) >= 11 is 0. The van der Waals surface area contributed by atoms with Crippen molar-refractivity contribution >= 4 is 0 Å². The Morgan fingerprint density at radius 2 is 1.52 bits per heavy atom. The van der Waals surface area contributed by atoms with E-state index in [2.05, 4.69) is 40.5 Å². The van der Waals surface area contributed by atoms with Crippen molar-refractivity contribution in [2.45, 2.75) is 57.3 Å². The van der Waals surface area contributed by atoms with Gasteiger partial charge in [-0.05, 0) is 74.4 Å². The van der Waals surface area contributed by atoms with Crippen molar-refractivity contribution < 1.29 is 21.1 Å². The number of hydrogen-bond acceptors (Lipinski definition) is 1. The van der Waals surface area contributed by atoms with Gasteiger partial charge in [0.25, 0.3) is 0 Å². The monoisotopic (exact) mass is 509 g/mol. The maximum absolute atomic E-state index is 4.50. The van der Waals surface area contributed by atoms with Gasteiger partial charge in [0, 0.05) is 27.6 Å². The first-order valence-corrected chi connectivity index (χ1v) is 10.2. The van der Waals surface area contributed by atoms with Gasteiger partial charge in [0.1, 0.15) is 0 Å². The van der Waals surface area contributed by atoms with Crippen LogP contribution in [-0.2, 0) is 21.1 Å². The van der Waals surface area contributed by atoms with Crippen molar-refractivity contribution in [2.24, 2.45) is 11.3 Å². The van der Waals surface area contributed by atoms with E-state index in [4.69, 9.17) is 0 Å². The number of rotatable bonds is 3. The first-order chi connectivity index (χ1) is 11.8. The summed E-state index contributed by atoms with van der Waals surface area (Å²) in [5.41, 5.74) is 2.26. The quantitative estimate of drug-likeness (QED) is 0.547. The molecule has 1 aromatic carbocycles. The summed E-state index contributed by atoms with van der Waals surface area (Å²) in [6.07, 6.45) is 11.3. The SMILES string of the molecule is [W].c1ccc(C2CCC3(CC2)CCN(CC2CC[N-]CC2)CC3)cc1. The molecule has 1 spiro atoms. The summed E-state index contributed by atoms with van der Waals surface area (Å²) in [4.78, 5) is 2.77. The van der Waals surface area contributed by atoms with Crippen LogP contribution in [0.2, 0.25) is 0 Å². The summed E-state index contributed by atoms with van der Waals surface area (Å²) in [7, 11) is 0. The number of piperidine rings is 2. The van der Waals surface area contributed by atoms with Gasteiger partial charge in [0.15, 0.2) is 0 Å². The van der Waals surface area contributed by atoms with E-state index in [0.29, 0.717) is 5.41 Å². The minimum atomic E-state index is 0. The summed E-state index contributed by atoms with van der Waals surface area (Å²) in [6.45, 7) is 6.28. The van der Waals surface area contributed by atoms with Crippen molar-refractivity contribution in [3.63, 3.8) is 0 Å². The molecule has 0 amide bonds. The Morgan fingerprint density at radius 1 is 0.880 bits per heavy atom. The summed E-state index contributed by atoms with van der Waals surface area (Å²) < 4.78 is 0. The number of hydrogen-bond donors (Lipinski definition) is 0. The minimum Gasteiger partial charge on any atom is -0.662 e. The van der Waals surface area contributed by atoms with Gasteiger partial charge in [-0.2, -0.15) is 0 Å². The molecule has 138 valence electrons. The van der Waals surface area contributed by atoms with E-state index >= 15 is 0 Å². The molecule has 2 saturated heterocycles. The first-order valence-electron chi connectivity index (χ1n) is 10.2. The van der Waals surface area contributed by atoms with E-state index in [1.807, 2.05) is 0 Å². The average Bonchev–Trinajstić information content (AvgIpc) is 2.66. The van der Waals surface area contributed by atoms with E-state index < -0.39 is 0 Å². The second-order valence-corrected chi connectivity index (χ2v) is 8.60. The topological polar surface area (TPSA) is 17.3 Å². The van der Waals surface area contributed by atoms with Gasteiger partial charge >= 0.3 is 0 Å². The van der Waals surface area contributed by atoms with Crippen LogP contribution in [0.25, 0.3) is 5.32 Å². The molecule has 3 heteroatoms. The molecule has 25 heavy (non-hydrogen) atoms. The largest absolute Gasteiger partial charge is 0.662 e. The smallest absolute Gasteiger partial charge is 0.000843 e. The Bertz CT molecular complexity index is 494. The van der Waals surface area contributed by atoms with Gasteiger partial charge in [0.2, 0.25) is 0 Å². The van der Waals surface area contributed by atoms with Crippen LogP contribution in [0.1, 0.15) is 62.8 Å². The Kier molecular flexibility index (Phi) is 7.17. The van der Waals surface area contributed by atoms with Gasteiger partial charge in [-0.3, -0.25) is 0 Å². The van der Waals surface area contributed by atoms with E-state index in [9.17, 15) is 0 Å². The van der Waals surface area contributed by atoms with Gasteiger partial charge < -0.3 is 10.2 Å². The number of nitrogens with zero attached hydrogens (tertiary/aromatic N) is 2. The maximum atomic E-state index is 4.50. The van der Waals surface area contributed by atoms with Crippen LogP contribution >= 0.6 is 0 Å². The molecular formula is C22H33N2W-. The maximum Gasteiger partial charge on any atom is 0.000843 e. The van der Waals surface area contributed by atoms with Crippen LogP contribution in [0.5, 0.6) is 0 Å². The predicted octanol–water partition coefficient (Wildman–Crippen LogP) is 5.21. The summed E-state index contributed by atoms with van der Waals surface area (Å²) in [5, 5.41) is 4.50. The molecule has 2 aliphatic heterocycles. The van der Waals surface area contributed by atoms with Crippen molar-refractivity contribution in [1.82, 2.24) is 4.90 Å². The molecule has 0 N–H and O–H groups in total. The van der Waals surface area contributed by atoms with E-state index in [1.165, 1.54) is 71.0 Å². The fourth-order valence-electron chi connectivity index (χ4n) is 5.35. The zero-order valence-corrected chi connectivity index (χ0v) is 18.5. The van der Waals surface area contributed by atoms with Crippen LogP contribution in [0, 0.1) is 11.3 Å². The zero-order valence-electron chi connectivity index (χ0n) is 15.5. The number of benzene rings is 1. The standard InChI is InChI=1S/C22H33N2.W/c1-2-4-20(5-3-1)21-6-10-22(11-7-21)12-16-24(17-13-22)18-19-8-14-23-15-9-19;/h1-5,19,21H,6-18H2;/q-1;. The molecule has 2 heterocycles. The third-order valence-electron chi connectivity index (χ3n) is 7.14. The third-order valence-corrected chi connectivity index (χ3v) is 7.14. The van der Waals surface area contributed by atoms with Crippen molar-refractivity contribution in [1.29, 1.82) is 0 Å². The second-order valence-electron chi connectivity index (χ2n) is 8.60. The third kappa shape index (κ3) is 4.96. The van der Waals surface area contributed by atoms with Crippen LogP contribution in [0.4, 0.5) is 0 Å². The molecule has 0 unspecified atom stereocenters. The fourth-order valence-corrected chi connectivity index (χ4v) is 5.35. The fraction of sp³-hybridized carbons (Fsp3) is 0.727. The molecule has 0 radical (unpaired) electrons. The Morgan fingerprint density at radius 3 is 2.16 bits per heavy atom. The molecular weight excluding hydrogens is 476 g/mol. The molecule has 1 saturated carbocycles.